The number of thiazole rings is 1. The summed E-state index contributed by atoms with van der Waals surface area (Å²) in [5.41, 5.74) is 8.04. The van der Waals surface area contributed by atoms with E-state index in [9.17, 15) is 9.18 Å². The molecule has 4 nitrogen and oxygen atoms in total. The number of halogens is 2. The molecule has 1 fully saturated rings. The molecule has 0 spiro atoms. The molecule has 1 aromatic carbocycles. The topological polar surface area (TPSA) is 68.0 Å². The van der Waals surface area contributed by atoms with Crippen molar-refractivity contribution in [3.63, 3.8) is 0 Å². The number of carbonyl (C=O) groups excluding carboxylic acids is 1. The standard InChI is InChI=1S/C20H24FN3OS.ClH/c21-14-9-7-12(8-10-14)20-24-17-6-2-5-16(18(17)26-20)23-19(25)13-3-1-4-15(22)11-13;/h7-10,13,15-16H,1-6,11,22H2,(H,23,25);1H. The van der Waals surface area contributed by atoms with Gasteiger partial charge in [0.05, 0.1) is 16.6 Å². The number of nitrogens with two attached hydrogens (primary N) is 1. The molecule has 7 heteroatoms. The number of benzene rings is 1. The molecular formula is C20H25ClFN3OS. The van der Waals surface area contributed by atoms with Crippen molar-refractivity contribution in [2.24, 2.45) is 11.7 Å². The second-order valence-corrected chi connectivity index (χ2v) is 8.44. The molecule has 146 valence electrons. The first-order valence-corrected chi connectivity index (χ1v) is 10.2. The van der Waals surface area contributed by atoms with Crippen LogP contribution in [0.2, 0.25) is 0 Å². The van der Waals surface area contributed by atoms with Crippen LogP contribution in [0, 0.1) is 11.7 Å². The van der Waals surface area contributed by atoms with Gasteiger partial charge < -0.3 is 11.1 Å². The maximum atomic E-state index is 13.2. The third-order valence-corrected chi connectivity index (χ3v) is 6.70. The van der Waals surface area contributed by atoms with Gasteiger partial charge in [0.15, 0.2) is 0 Å². The quantitative estimate of drug-likeness (QED) is 0.790. The van der Waals surface area contributed by atoms with Crippen molar-refractivity contribution in [2.75, 3.05) is 0 Å². The Morgan fingerprint density at radius 3 is 2.70 bits per heavy atom. The number of carbonyl (C=O) groups is 1. The van der Waals surface area contributed by atoms with Crippen molar-refractivity contribution >= 4 is 29.7 Å². The lowest BCUT2D eigenvalue weighted by molar-refractivity contribution is -0.127. The van der Waals surface area contributed by atoms with E-state index in [1.807, 2.05) is 0 Å². The van der Waals surface area contributed by atoms with E-state index in [0.29, 0.717) is 0 Å². The van der Waals surface area contributed by atoms with Gasteiger partial charge in [0, 0.05) is 17.5 Å². The number of aromatic nitrogens is 1. The van der Waals surface area contributed by atoms with Crippen molar-refractivity contribution in [1.82, 2.24) is 10.3 Å². The van der Waals surface area contributed by atoms with Crippen LogP contribution in [0.3, 0.4) is 0 Å². The van der Waals surface area contributed by atoms with E-state index in [0.717, 1.165) is 66.1 Å². The summed E-state index contributed by atoms with van der Waals surface area (Å²) in [4.78, 5) is 18.6. The lowest BCUT2D eigenvalue weighted by Gasteiger charge is -2.29. The average molecular weight is 410 g/mol. The van der Waals surface area contributed by atoms with E-state index in [2.05, 4.69) is 5.32 Å². The van der Waals surface area contributed by atoms with Gasteiger partial charge in [0.25, 0.3) is 0 Å². The molecule has 0 aliphatic heterocycles. The van der Waals surface area contributed by atoms with Crippen LogP contribution in [0.15, 0.2) is 24.3 Å². The molecule has 2 aliphatic rings. The minimum atomic E-state index is -0.245. The van der Waals surface area contributed by atoms with Crippen LogP contribution in [0.5, 0.6) is 0 Å². The molecule has 1 saturated carbocycles. The van der Waals surface area contributed by atoms with Crippen LogP contribution in [0.4, 0.5) is 4.39 Å². The molecule has 1 heterocycles. The van der Waals surface area contributed by atoms with E-state index >= 15 is 0 Å². The van der Waals surface area contributed by atoms with Gasteiger partial charge >= 0.3 is 0 Å². The maximum absolute atomic E-state index is 13.2. The Kier molecular flexibility index (Phi) is 6.50. The fourth-order valence-electron chi connectivity index (χ4n) is 4.03. The van der Waals surface area contributed by atoms with E-state index in [4.69, 9.17) is 10.7 Å². The number of hydrogen-bond donors (Lipinski definition) is 2. The van der Waals surface area contributed by atoms with E-state index < -0.39 is 0 Å². The molecule has 0 bridgehead atoms. The zero-order chi connectivity index (χ0) is 18.1. The summed E-state index contributed by atoms with van der Waals surface area (Å²) < 4.78 is 13.2. The maximum Gasteiger partial charge on any atom is 0.223 e. The van der Waals surface area contributed by atoms with Crippen molar-refractivity contribution in [1.29, 1.82) is 0 Å². The third-order valence-electron chi connectivity index (χ3n) is 5.44. The molecule has 3 atom stereocenters. The van der Waals surface area contributed by atoms with Crippen LogP contribution in [-0.2, 0) is 11.2 Å². The van der Waals surface area contributed by atoms with E-state index in [1.54, 1.807) is 23.5 Å². The third kappa shape index (κ3) is 4.50. The zero-order valence-electron chi connectivity index (χ0n) is 15.1. The Morgan fingerprint density at radius 1 is 1.19 bits per heavy atom. The Hall–Kier alpha value is -1.50. The minimum absolute atomic E-state index is 0. The fourth-order valence-corrected chi connectivity index (χ4v) is 5.23. The Bertz CT molecular complexity index is 795. The normalized spacial score (nSPS) is 24.6. The smallest absolute Gasteiger partial charge is 0.223 e. The molecule has 1 amide bonds. The summed E-state index contributed by atoms with van der Waals surface area (Å²) in [5.74, 6) is -0.0748. The van der Waals surface area contributed by atoms with Crippen LogP contribution in [0.1, 0.15) is 55.1 Å². The van der Waals surface area contributed by atoms with Gasteiger partial charge in [0.1, 0.15) is 10.8 Å². The van der Waals surface area contributed by atoms with Crippen LogP contribution in [0.25, 0.3) is 10.6 Å². The predicted octanol–water partition coefficient (Wildman–Crippen LogP) is 4.38. The highest BCUT2D eigenvalue weighted by Crippen LogP contribution is 2.38. The molecule has 27 heavy (non-hydrogen) atoms. The first-order chi connectivity index (χ1) is 12.6. The van der Waals surface area contributed by atoms with Gasteiger partial charge in [-0.2, -0.15) is 0 Å². The van der Waals surface area contributed by atoms with Crippen LogP contribution >= 0.6 is 23.7 Å². The second kappa shape index (κ2) is 8.67. The SMILES string of the molecule is Cl.NC1CCCC(C(=O)NC2CCCc3nc(-c4ccc(F)cc4)sc32)C1. The number of fused-ring (bicyclic) bond motifs is 1. The van der Waals surface area contributed by atoms with Gasteiger partial charge in [-0.05, 0) is 62.8 Å². The summed E-state index contributed by atoms with van der Waals surface area (Å²) in [6.07, 6.45) is 6.68. The van der Waals surface area contributed by atoms with E-state index in [1.165, 1.54) is 12.1 Å². The van der Waals surface area contributed by atoms with Gasteiger partial charge in [-0.15, -0.1) is 23.7 Å². The highest BCUT2D eigenvalue weighted by atomic mass is 35.5. The minimum Gasteiger partial charge on any atom is -0.348 e. The fraction of sp³-hybridized carbons (Fsp3) is 0.500. The molecule has 2 aliphatic carbocycles. The van der Waals surface area contributed by atoms with Gasteiger partial charge in [0.2, 0.25) is 5.91 Å². The number of amides is 1. The van der Waals surface area contributed by atoms with Crippen molar-refractivity contribution in [3.05, 3.63) is 40.7 Å². The summed E-state index contributed by atoms with van der Waals surface area (Å²) in [5, 5.41) is 4.15. The number of nitrogens with one attached hydrogen (secondary N) is 1. The zero-order valence-corrected chi connectivity index (χ0v) is 16.8. The average Bonchev–Trinajstić information content (AvgIpc) is 3.07. The number of rotatable bonds is 3. The first kappa shape index (κ1) is 20.2. The summed E-state index contributed by atoms with van der Waals surface area (Å²) in [6.45, 7) is 0. The van der Waals surface area contributed by atoms with Crippen molar-refractivity contribution < 1.29 is 9.18 Å². The Labute approximate surface area is 169 Å². The molecular weight excluding hydrogens is 385 g/mol. The largest absolute Gasteiger partial charge is 0.348 e. The van der Waals surface area contributed by atoms with Crippen molar-refractivity contribution in [2.45, 2.75) is 57.0 Å². The van der Waals surface area contributed by atoms with Gasteiger partial charge in [-0.25, -0.2) is 9.37 Å². The lowest BCUT2D eigenvalue weighted by Crippen LogP contribution is -2.39. The molecule has 0 radical (unpaired) electrons. The Balaban J connectivity index is 0.00000210. The lowest BCUT2D eigenvalue weighted by atomic mass is 9.85. The number of aryl methyl sites for hydroxylation is 1. The highest BCUT2D eigenvalue weighted by Gasteiger charge is 2.30. The molecule has 2 aromatic rings. The van der Waals surface area contributed by atoms with E-state index in [-0.39, 0.29) is 42.1 Å². The first-order valence-electron chi connectivity index (χ1n) is 9.41. The Morgan fingerprint density at radius 2 is 1.96 bits per heavy atom. The van der Waals surface area contributed by atoms with Crippen molar-refractivity contribution in [3.8, 4) is 10.6 Å². The summed E-state index contributed by atoms with van der Waals surface area (Å²) in [7, 11) is 0. The van der Waals surface area contributed by atoms with Crippen LogP contribution in [-0.4, -0.2) is 16.9 Å². The molecule has 3 unspecified atom stereocenters. The summed E-state index contributed by atoms with van der Waals surface area (Å²) >= 11 is 1.62. The predicted molar refractivity (Wildman–Crippen MR) is 109 cm³/mol. The van der Waals surface area contributed by atoms with Gasteiger partial charge in [-0.1, -0.05) is 6.42 Å². The monoisotopic (exact) mass is 409 g/mol. The summed E-state index contributed by atoms with van der Waals surface area (Å²) in [6, 6.07) is 6.63. The molecule has 0 saturated heterocycles. The number of nitrogens with zero attached hydrogens (tertiary/aromatic N) is 1. The number of hydrogen-bond acceptors (Lipinski definition) is 4. The second-order valence-electron chi connectivity index (χ2n) is 7.41. The van der Waals surface area contributed by atoms with Gasteiger partial charge in [-0.3, -0.25) is 4.79 Å². The van der Waals surface area contributed by atoms with Crippen LogP contribution < -0.4 is 11.1 Å². The highest BCUT2D eigenvalue weighted by molar-refractivity contribution is 7.15. The molecule has 1 aromatic heterocycles. The molecule has 3 N–H and O–H groups in total. The molecule has 4 rings (SSSR count).